The average molecular weight is 452 g/mol. The molecular formula is C22H18ClN5O2S. The first-order valence-electron chi connectivity index (χ1n) is 9.80. The molecule has 9 heteroatoms. The summed E-state index contributed by atoms with van der Waals surface area (Å²) >= 11 is 7.51. The molecule has 1 aliphatic rings. The number of thiazole rings is 1. The molecule has 7 nitrogen and oxygen atoms in total. The Balaban J connectivity index is 1.36. The molecule has 0 radical (unpaired) electrons. The molecule has 2 amide bonds. The predicted octanol–water partition coefficient (Wildman–Crippen LogP) is 4.99. The number of benzene rings is 2. The smallest absolute Gasteiger partial charge is 0.275 e. The Morgan fingerprint density at radius 3 is 2.71 bits per heavy atom. The topological polar surface area (TPSA) is 99.8 Å². The van der Waals surface area contributed by atoms with Gasteiger partial charge in [0, 0.05) is 16.1 Å². The van der Waals surface area contributed by atoms with Gasteiger partial charge >= 0.3 is 0 Å². The number of imidazole rings is 1. The molecular weight excluding hydrogens is 434 g/mol. The highest BCUT2D eigenvalue weighted by Gasteiger charge is 2.46. The van der Waals surface area contributed by atoms with Crippen molar-refractivity contribution in [3.63, 3.8) is 0 Å². The molecule has 3 N–H and O–H groups in total. The van der Waals surface area contributed by atoms with Crippen molar-refractivity contribution >= 4 is 57.4 Å². The maximum atomic E-state index is 13.2. The number of aromatic nitrogens is 3. The van der Waals surface area contributed by atoms with Crippen LogP contribution in [0.4, 0.5) is 11.6 Å². The van der Waals surface area contributed by atoms with Crippen LogP contribution >= 0.6 is 22.9 Å². The van der Waals surface area contributed by atoms with E-state index in [4.69, 9.17) is 11.6 Å². The van der Waals surface area contributed by atoms with E-state index in [-0.39, 0.29) is 11.8 Å². The number of carbonyl (C=O) groups excluding carboxylic acids is 2. The van der Waals surface area contributed by atoms with Crippen LogP contribution in [0, 0.1) is 0 Å². The van der Waals surface area contributed by atoms with Gasteiger partial charge in [-0.25, -0.2) is 9.97 Å². The lowest BCUT2D eigenvalue weighted by atomic mass is 9.64. The van der Waals surface area contributed by atoms with Crippen LogP contribution < -0.4 is 10.6 Å². The first kappa shape index (κ1) is 19.7. The highest BCUT2D eigenvalue weighted by atomic mass is 35.5. The van der Waals surface area contributed by atoms with Crippen LogP contribution in [-0.4, -0.2) is 26.8 Å². The molecule has 1 fully saturated rings. The van der Waals surface area contributed by atoms with Gasteiger partial charge in [0.15, 0.2) is 0 Å². The standard InChI is InChI=1S/C22H18ClN5O2S/c23-14-4-1-3-13(9-14)22(7-2-8-22)20(30)28-21-26-16-6-5-15(10-17(16)27-21)25-19(29)18-11-31-12-24-18/h1,3-6,9-12H,2,7-8H2,(H,25,29)(H2,26,27,28,30). The number of aromatic amines is 1. The molecule has 4 aromatic rings. The Labute approximate surface area is 186 Å². The third-order valence-electron chi connectivity index (χ3n) is 5.66. The number of nitrogens with one attached hydrogen (secondary N) is 3. The number of amides is 2. The lowest BCUT2D eigenvalue weighted by molar-refractivity contribution is -0.124. The first-order valence-corrected chi connectivity index (χ1v) is 11.1. The summed E-state index contributed by atoms with van der Waals surface area (Å²) < 4.78 is 0. The van der Waals surface area contributed by atoms with Crippen LogP contribution in [0.3, 0.4) is 0 Å². The minimum atomic E-state index is -0.587. The van der Waals surface area contributed by atoms with Crippen LogP contribution in [0.1, 0.15) is 35.3 Å². The van der Waals surface area contributed by atoms with Gasteiger partial charge in [-0.05, 0) is 48.7 Å². The maximum absolute atomic E-state index is 13.2. The molecule has 0 saturated heterocycles. The largest absolute Gasteiger partial charge is 0.324 e. The van der Waals surface area contributed by atoms with Crippen molar-refractivity contribution in [1.29, 1.82) is 0 Å². The Kier molecular flexibility index (Phi) is 4.95. The molecule has 1 saturated carbocycles. The van der Waals surface area contributed by atoms with Gasteiger partial charge in [0.1, 0.15) is 5.69 Å². The van der Waals surface area contributed by atoms with Crippen molar-refractivity contribution in [2.24, 2.45) is 0 Å². The Morgan fingerprint density at radius 2 is 2.00 bits per heavy atom. The number of anilines is 2. The van der Waals surface area contributed by atoms with E-state index in [1.165, 1.54) is 11.3 Å². The summed E-state index contributed by atoms with van der Waals surface area (Å²) in [5.74, 6) is -0.00417. The van der Waals surface area contributed by atoms with Gasteiger partial charge in [0.2, 0.25) is 11.9 Å². The van der Waals surface area contributed by atoms with Crippen LogP contribution in [0.5, 0.6) is 0 Å². The number of H-pyrrole nitrogens is 1. The third-order valence-corrected chi connectivity index (χ3v) is 6.48. The lowest BCUT2D eigenvalue weighted by Crippen LogP contribution is -2.46. The van der Waals surface area contributed by atoms with E-state index in [2.05, 4.69) is 25.6 Å². The first-order chi connectivity index (χ1) is 15.0. The molecule has 0 spiro atoms. The second-order valence-corrected chi connectivity index (χ2v) is 8.70. The van der Waals surface area contributed by atoms with E-state index in [0.717, 1.165) is 24.8 Å². The number of hydrogen-bond acceptors (Lipinski definition) is 5. The van der Waals surface area contributed by atoms with Crippen molar-refractivity contribution in [3.05, 3.63) is 69.6 Å². The molecule has 2 aromatic carbocycles. The summed E-state index contributed by atoms with van der Waals surface area (Å²) in [6.07, 6.45) is 2.53. The number of nitrogens with zero attached hydrogens (tertiary/aromatic N) is 2. The number of hydrogen-bond donors (Lipinski definition) is 3. The quantitative estimate of drug-likeness (QED) is 0.398. The summed E-state index contributed by atoms with van der Waals surface area (Å²) in [7, 11) is 0. The zero-order valence-corrected chi connectivity index (χ0v) is 17.9. The predicted molar refractivity (Wildman–Crippen MR) is 122 cm³/mol. The van der Waals surface area contributed by atoms with E-state index >= 15 is 0 Å². The number of rotatable bonds is 5. The average Bonchev–Trinajstić information content (AvgIpc) is 3.36. The molecule has 0 atom stereocenters. The normalized spacial score (nSPS) is 14.7. The Hall–Kier alpha value is -3.23. The fourth-order valence-electron chi connectivity index (χ4n) is 3.86. The van der Waals surface area contributed by atoms with Crippen molar-refractivity contribution in [3.8, 4) is 0 Å². The highest BCUT2D eigenvalue weighted by Crippen LogP contribution is 2.45. The second kappa shape index (κ2) is 7.79. The number of carbonyl (C=O) groups is 2. The SMILES string of the molecule is O=C(Nc1ccc2nc(NC(=O)C3(c4cccc(Cl)c4)CCC3)[nH]c2c1)c1cscn1. The molecule has 0 unspecified atom stereocenters. The molecule has 2 heterocycles. The van der Waals surface area contributed by atoms with Gasteiger partial charge in [-0.3, -0.25) is 14.9 Å². The van der Waals surface area contributed by atoms with E-state index in [1.54, 1.807) is 35.2 Å². The summed E-state index contributed by atoms with van der Waals surface area (Å²) in [5, 5.41) is 8.05. The van der Waals surface area contributed by atoms with Crippen LogP contribution in [-0.2, 0) is 10.2 Å². The molecule has 31 heavy (non-hydrogen) atoms. The number of fused-ring (bicyclic) bond motifs is 1. The monoisotopic (exact) mass is 451 g/mol. The molecule has 0 aliphatic heterocycles. The van der Waals surface area contributed by atoms with Gasteiger partial charge in [0.05, 0.1) is 22.0 Å². The zero-order chi connectivity index (χ0) is 21.4. The zero-order valence-electron chi connectivity index (χ0n) is 16.3. The summed E-state index contributed by atoms with van der Waals surface area (Å²) in [4.78, 5) is 37.0. The van der Waals surface area contributed by atoms with Crippen LogP contribution in [0.25, 0.3) is 11.0 Å². The molecule has 156 valence electrons. The fraction of sp³-hybridized carbons (Fsp3) is 0.182. The minimum Gasteiger partial charge on any atom is -0.324 e. The van der Waals surface area contributed by atoms with Gasteiger partial charge in [0.25, 0.3) is 5.91 Å². The van der Waals surface area contributed by atoms with Gasteiger partial charge in [-0.1, -0.05) is 30.2 Å². The third kappa shape index (κ3) is 3.68. The fourth-order valence-corrected chi connectivity index (χ4v) is 4.58. The minimum absolute atomic E-state index is 0.0999. The van der Waals surface area contributed by atoms with Gasteiger partial charge in [-0.2, -0.15) is 0 Å². The van der Waals surface area contributed by atoms with E-state index in [0.29, 0.717) is 33.4 Å². The number of halogens is 1. The second-order valence-electron chi connectivity index (χ2n) is 7.55. The van der Waals surface area contributed by atoms with E-state index in [9.17, 15) is 9.59 Å². The molecule has 2 aromatic heterocycles. The van der Waals surface area contributed by atoms with Gasteiger partial charge in [-0.15, -0.1) is 11.3 Å². The van der Waals surface area contributed by atoms with Crippen molar-refractivity contribution in [2.45, 2.75) is 24.7 Å². The van der Waals surface area contributed by atoms with E-state index < -0.39 is 5.41 Å². The van der Waals surface area contributed by atoms with Crippen molar-refractivity contribution < 1.29 is 9.59 Å². The molecule has 1 aliphatic carbocycles. The van der Waals surface area contributed by atoms with Crippen molar-refractivity contribution in [1.82, 2.24) is 15.0 Å². The Bertz CT molecular complexity index is 1280. The molecule has 0 bridgehead atoms. The van der Waals surface area contributed by atoms with E-state index in [1.807, 2.05) is 18.2 Å². The summed E-state index contributed by atoms with van der Waals surface area (Å²) in [6, 6.07) is 12.8. The maximum Gasteiger partial charge on any atom is 0.275 e. The lowest BCUT2D eigenvalue weighted by Gasteiger charge is -2.40. The highest BCUT2D eigenvalue weighted by molar-refractivity contribution is 7.07. The van der Waals surface area contributed by atoms with Crippen molar-refractivity contribution in [2.75, 3.05) is 10.6 Å². The summed E-state index contributed by atoms with van der Waals surface area (Å²) in [5.41, 5.74) is 4.32. The van der Waals surface area contributed by atoms with Gasteiger partial charge < -0.3 is 10.3 Å². The Morgan fingerprint density at radius 1 is 1.13 bits per heavy atom. The molecule has 5 rings (SSSR count). The van der Waals surface area contributed by atoms with Crippen LogP contribution in [0.2, 0.25) is 5.02 Å². The summed E-state index contributed by atoms with van der Waals surface area (Å²) in [6.45, 7) is 0. The van der Waals surface area contributed by atoms with Crippen LogP contribution in [0.15, 0.2) is 53.4 Å².